The van der Waals surface area contributed by atoms with Crippen LogP contribution in [-0.2, 0) is 30.4 Å². The van der Waals surface area contributed by atoms with Crippen LogP contribution in [0.1, 0.15) is 37.7 Å². The summed E-state index contributed by atoms with van der Waals surface area (Å²) in [7, 11) is 0. The molecule has 0 aliphatic carbocycles. The lowest BCUT2D eigenvalue weighted by molar-refractivity contribution is -0.142. The van der Waals surface area contributed by atoms with E-state index < -0.39 is 60.2 Å². The number of aliphatic carboxylic acids is 1. The number of phenols is 1. The molecule has 14 heteroatoms. The van der Waals surface area contributed by atoms with E-state index in [2.05, 4.69) is 16.0 Å². The summed E-state index contributed by atoms with van der Waals surface area (Å²) in [5.41, 5.74) is 16.9. The van der Waals surface area contributed by atoms with Crippen molar-refractivity contribution in [2.75, 3.05) is 18.6 Å². The fourth-order valence-electron chi connectivity index (χ4n) is 3.47. The molecule has 11 N–H and O–H groups in total. The average Bonchev–Trinajstić information content (AvgIpc) is 2.86. The molecule has 0 radical (unpaired) electrons. The second kappa shape index (κ2) is 17.2. The summed E-state index contributed by atoms with van der Waals surface area (Å²) >= 11 is 1.43. The molecule has 0 fully saturated rings. The van der Waals surface area contributed by atoms with Crippen LogP contribution in [0.2, 0.25) is 0 Å². The molecule has 13 nitrogen and oxygen atoms in total. The van der Waals surface area contributed by atoms with E-state index in [4.69, 9.17) is 17.2 Å². The van der Waals surface area contributed by atoms with Crippen LogP contribution in [0.25, 0.3) is 0 Å². The first-order chi connectivity index (χ1) is 18.0. The monoisotopic (exact) mass is 554 g/mol. The molecule has 4 amide bonds. The first-order valence-electron chi connectivity index (χ1n) is 12.1. The van der Waals surface area contributed by atoms with Gasteiger partial charge in [0.1, 0.15) is 23.9 Å². The van der Waals surface area contributed by atoms with Gasteiger partial charge >= 0.3 is 5.97 Å². The maximum absolute atomic E-state index is 13.1. The summed E-state index contributed by atoms with van der Waals surface area (Å²) in [4.78, 5) is 61.5. The molecular formula is C24H38N6O7S. The van der Waals surface area contributed by atoms with Crippen LogP contribution >= 0.6 is 11.8 Å². The maximum Gasteiger partial charge on any atom is 0.326 e. The molecule has 0 aliphatic heterocycles. The molecule has 4 unspecified atom stereocenters. The van der Waals surface area contributed by atoms with Crippen molar-refractivity contribution in [3.63, 3.8) is 0 Å². The van der Waals surface area contributed by atoms with Crippen molar-refractivity contribution in [1.82, 2.24) is 16.0 Å². The number of carbonyl (C=O) groups is 5. The standard InChI is InChI=1S/C24H38N6O7S/c1-38-11-9-18(23(35)30-19(24(36)37)12-14-5-7-15(31)8-6-14)29-22(34)17(4-2-3-10-25)28-21(33)16(26)13-20(27)32/h5-8,16-19,31H,2-4,9-13,25-26H2,1H3,(H2,27,32)(H,28,33)(H,29,34)(H,30,35)(H,36,37). The Labute approximate surface area is 225 Å². The summed E-state index contributed by atoms with van der Waals surface area (Å²) in [6.45, 7) is 0.375. The molecular weight excluding hydrogens is 516 g/mol. The zero-order valence-corrected chi connectivity index (χ0v) is 22.2. The fourth-order valence-corrected chi connectivity index (χ4v) is 3.94. The van der Waals surface area contributed by atoms with Crippen molar-refractivity contribution >= 4 is 41.4 Å². The van der Waals surface area contributed by atoms with Gasteiger partial charge in [0.15, 0.2) is 0 Å². The molecule has 0 saturated carbocycles. The van der Waals surface area contributed by atoms with Crippen LogP contribution < -0.4 is 33.2 Å². The Kier molecular flexibility index (Phi) is 14.8. The van der Waals surface area contributed by atoms with Gasteiger partial charge in [-0.2, -0.15) is 11.8 Å². The van der Waals surface area contributed by atoms with Crippen LogP contribution in [0.3, 0.4) is 0 Å². The SMILES string of the molecule is CSCCC(NC(=O)C(CCCCN)NC(=O)C(N)CC(N)=O)C(=O)NC(Cc1ccc(O)cc1)C(=O)O. The van der Waals surface area contributed by atoms with Gasteiger partial charge in [0.25, 0.3) is 0 Å². The number of unbranched alkanes of at least 4 members (excludes halogenated alkanes) is 1. The maximum atomic E-state index is 13.1. The molecule has 4 atom stereocenters. The Balaban J connectivity index is 3.00. The summed E-state index contributed by atoms with van der Waals surface area (Å²) in [5, 5.41) is 26.7. The largest absolute Gasteiger partial charge is 0.508 e. The van der Waals surface area contributed by atoms with E-state index in [0.717, 1.165) is 0 Å². The van der Waals surface area contributed by atoms with Gasteiger partial charge < -0.3 is 43.4 Å². The lowest BCUT2D eigenvalue weighted by Gasteiger charge is -2.25. The third-order valence-electron chi connectivity index (χ3n) is 5.57. The highest BCUT2D eigenvalue weighted by Crippen LogP contribution is 2.12. The van der Waals surface area contributed by atoms with E-state index in [1.807, 2.05) is 6.26 Å². The number of aromatic hydroxyl groups is 1. The third kappa shape index (κ3) is 12.3. The molecule has 0 heterocycles. The van der Waals surface area contributed by atoms with Gasteiger partial charge in [0.2, 0.25) is 23.6 Å². The Bertz CT molecular complexity index is 947. The molecule has 0 spiro atoms. The zero-order chi connectivity index (χ0) is 28.7. The number of hydrogen-bond donors (Lipinski definition) is 8. The van der Waals surface area contributed by atoms with E-state index >= 15 is 0 Å². The first-order valence-corrected chi connectivity index (χ1v) is 13.5. The molecule has 38 heavy (non-hydrogen) atoms. The Hall–Kier alpha value is -3.36. The lowest BCUT2D eigenvalue weighted by atomic mass is 10.0. The second-order valence-electron chi connectivity index (χ2n) is 8.74. The molecule has 1 rings (SSSR count). The highest BCUT2D eigenvalue weighted by molar-refractivity contribution is 7.98. The van der Waals surface area contributed by atoms with Gasteiger partial charge in [-0.25, -0.2) is 4.79 Å². The molecule has 0 aromatic heterocycles. The number of rotatable bonds is 18. The lowest BCUT2D eigenvalue weighted by Crippen LogP contribution is -2.57. The highest BCUT2D eigenvalue weighted by atomic mass is 32.2. The highest BCUT2D eigenvalue weighted by Gasteiger charge is 2.30. The van der Waals surface area contributed by atoms with Crippen LogP contribution in [-0.4, -0.2) is 82.5 Å². The van der Waals surface area contributed by atoms with E-state index in [9.17, 15) is 34.2 Å². The van der Waals surface area contributed by atoms with Gasteiger partial charge in [-0.15, -0.1) is 0 Å². The summed E-state index contributed by atoms with van der Waals surface area (Å²) in [6.07, 6.45) is 2.86. The first kappa shape index (κ1) is 32.7. The number of carboxylic acid groups (broad SMARTS) is 1. The van der Waals surface area contributed by atoms with Crippen molar-refractivity contribution in [2.45, 2.75) is 62.7 Å². The molecule has 0 aliphatic rings. The van der Waals surface area contributed by atoms with Crippen molar-refractivity contribution in [2.24, 2.45) is 17.2 Å². The van der Waals surface area contributed by atoms with E-state index in [1.54, 1.807) is 12.1 Å². The number of amides is 4. The van der Waals surface area contributed by atoms with Crippen LogP contribution in [0.4, 0.5) is 0 Å². The van der Waals surface area contributed by atoms with Gasteiger partial charge in [0.05, 0.1) is 12.5 Å². The normalized spacial score (nSPS) is 14.0. The summed E-state index contributed by atoms with van der Waals surface area (Å²) < 4.78 is 0. The number of benzene rings is 1. The minimum atomic E-state index is -1.28. The molecule has 0 saturated heterocycles. The smallest absolute Gasteiger partial charge is 0.326 e. The summed E-state index contributed by atoms with van der Waals surface area (Å²) in [5.74, 6) is -3.64. The molecule has 1 aromatic carbocycles. The number of hydrogen-bond acceptors (Lipinski definition) is 9. The summed E-state index contributed by atoms with van der Waals surface area (Å²) in [6, 6.07) is 1.23. The van der Waals surface area contributed by atoms with Crippen molar-refractivity contribution < 1.29 is 34.2 Å². The topological polar surface area (TPSA) is 240 Å². The Morgan fingerprint density at radius 2 is 1.45 bits per heavy atom. The quantitative estimate of drug-likeness (QED) is 0.0982. The predicted molar refractivity (Wildman–Crippen MR) is 143 cm³/mol. The molecule has 212 valence electrons. The minimum Gasteiger partial charge on any atom is -0.508 e. The number of carboxylic acids is 1. The van der Waals surface area contributed by atoms with Crippen molar-refractivity contribution in [3.05, 3.63) is 29.8 Å². The Morgan fingerprint density at radius 1 is 0.895 bits per heavy atom. The number of nitrogens with one attached hydrogen (secondary N) is 3. The second-order valence-corrected chi connectivity index (χ2v) is 9.72. The van der Waals surface area contributed by atoms with Crippen LogP contribution in [0, 0.1) is 0 Å². The van der Waals surface area contributed by atoms with Crippen LogP contribution in [0.5, 0.6) is 5.75 Å². The van der Waals surface area contributed by atoms with E-state index in [1.165, 1.54) is 23.9 Å². The minimum absolute atomic E-state index is 0.0215. The third-order valence-corrected chi connectivity index (χ3v) is 6.22. The van der Waals surface area contributed by atoms with Crippen molar-refractivity contribution in [3.8, 4) is 5.75 Å². The molecule has 0 bridgehead atoms. The van der Waals surface area contributed by atoms with Crippen molar-refractivity contribution in [1.29, 1.82) is 0 Å². The van der Waals surface area contributed by atoms with Gasteiger partial charge in [-0.05, 0) is 61.9 Å². The average molecular weight is 555 g/mol. The number of phenolic OH excluding ortho intramolecular Hbond substituents is 1. The number of carbonyl (C=O) groups excluding carboxylic acids is 4. The number of primary amides is 1. The predicted octanol–water partition coefficient (Wildman–Crippen LogP) is -1.44. The number of thioether (sulfide) groups is 1. The Morgan fingerprint density at radius 3 is 1.97 bits per heavy atom. The van der Waals surface area contributed by atoms with Gasteiger partial charge in [0, 0.05) is 6.42 Å². The van der Waals surface area contributed by atoms with Crippen LogP contribution in [0.15, 0.2) is 24.3 Å². The van der Waals surface area contributed by atoms with E-state index in [0.29, 0.717) is 30.7 Å². The zero-order valence-electron chi connectivity index (χ0n) is 21.4. The fraction of sp³-hybridized carbons (Fsp3) is 0.542. The van der Waals surface area contributed by atoms with E-state index in [-0.39, 0.29) is 25.0 Å². The van der Waals surface area contributed by atoms with Gasteiger partial charge in [-0.1, -0.05) is 12.1 Å². The van der Waals surface area contributed by atoms with Gasteiger partial charge in [-0.3, -0.25) is 19.2 Å². The molecule has 1 aromatic rings. The number of nitrogens with two attached hydrogens (primary N) is 3.